The normalized spacial score (nSPS) is 27.6. The molecule has 2 N–H and O–H groups in total. The second-order valence-corrected chi connectivity index (χ2v) is 12.7. The van der Waals surface area contributed by atoms with Gasteiger partial charge in [0.25, 0.3) is 0 Å². The Labute approximate surface area is 249 Å². The van der Waals surface area contributed by atoms with Gasteiger partial charge >= 0.3 is 6.09 Å². The first-order chi connectivity index (χ1) is 20.3. The molecule has 5 rings (SSSR count). The van der Waals surface area contributed by atoms with E-state index in [-0.39, 0.29) is 24.5 Å². The molecule has 0 bridgehead atoms. The van der Waals surface area contributed by atoms with Crippen molar-refractivity contribution in [2.45, 2.75) is 83.1 Å². The van der Waals surface area contributed by atoms with Crippen LogP contribution in [-0.4, -0.2) is 67.4 Å². The molecule has 2 aliphatic carbocycles. The summed E-state index contributed by atoms with van der Waals surface area (Å²) in [7, 11) is 1.66. The summed E-state index contributed by atoms with van der Waals surface area (Å²) in [6.45, 7) is 6.34. The first-order valence-corrected chi connectivity index (χ1v) is 15.5. The molecule has 0 radical (unpaired) electrons. The van der Waals surface area contributed by atoms with Crippen molar-refractivity contribution in [3.8, 4) is 11.5 Å². The summed E-state index contributed by atoms with van der Waals surface area (Å²) in [5.41, 5.74) is 1.61. The molecule has 2 unspecified atom stereocenters. The van der Waals surface area contributed by atoms with E-state index in [0.29, 0.717) is 19.1 Å². The fraction of sp³-hybridized carbons (Fsp3) is 0.588. The zero-order valence-electron chi connectivity index (χ0n) is 25.2. The Hall–Kier alpha value is -3.10. The van der Waals surface area contributed by atoms with Crippen LogP contribution >= 0.6 is 0 Å². The molecule has 2 saturated carbocycles. The number of methoxy groups -OCH3 is 1. The van der Waals surface area contributed by atoms with E-state index in [2.05, 4.69) is 29.3 Å². The number of amides is 1. The summed E-state index contributed by atoms with van der Waals surface area (Å²) < 4.78 is 17.2. The van der Waals surface area contributed by atoms with Crippen molar-refractivity contribution < 1.29 is 28.9 Å². The van der Waals surface area contributed by atoms with Crippen LogP contribution in [0.25, 0.3) is 0 Å². The standard InChI is InChI=1S/C34H46N2O6/c1-23(38)34(2)22-36(18-28(34)26-15-16-31(40-3)32(17-26)41-20-25-13-14-25)30-12-8-7-11-27(30)29(19-37)35-33(39)42-21-24-9-5-4-6-10-24/h4-6,9-10,15-17,19,23,25,27-30,38H,7-8,11-14,18,20-22H2,1-3H3,(H,35,39)/t23-,27?,28+,29-,30?,34+/m1/s1. The molecule has 6 atom stereocenters. The molecule has 8 nitrogen and oxygen atoms in total. The second-order valence-electron chi connectivity index (χ2n) is 12.7. The van der Waals surface area contributed by atoms with Crippen molar-refractivity contribution in [1.29, 1.82) is 0 Å². The SMILES string of the molecule is COc1ccc([C@@H]2CN(C3CCCCC3[C@@H](C=O)NC(=O)OCc3ccccc3)C[C@@]2(C)[C@@H](C)O)cc1OCC1CC1. The van der Waals surface area contributed by atoms with Gasteiger partial charge in [-0.05, 0) is 61.8 Å². The Kier molecular flexibility index (Phi) is 9.74. The highest BCUT2D eigenvalue weighted by Crippen LogP contribution is 2.49. The van der Waals surface area contributed by atoms with E-state index in [0.717, 1.165) is 61.1 Å². The molecule has 1 saturated heterocycles. The summed E-state index contributed by atoms with van der Waals surface area (Å²) >= 11 is 0. The van der Waals surface area contributed by atoms with Gasteiger partial charge in [0.05, 0.1) is 25.9 Å². The minimum absolute atomic E-state index is 0.0363. The number of nitrogens with zero attached hydrogens (tertiary/aromatic N) is 1. The zero-order chi connectivity index (χ0) is 29.7. The van der Waals surface area contributed by atoms with Crippen LogP contribution in [-0.2, 0) is 16.1 Å². The van der Waals surface area contributed by atoms with E-state index in [1.54, 1.807) is 7.11 Å². The molecule has 0 spiro atoms. The third-order valence-electron chi connectivity index (χ3n) is 9.83. The molecule has 228 valence electrons. The van der Waals surface area contributed by atoms with Crippen LogP contribution < -0.4 is 14.8 Å². The molecule has 1 amide bonds. The topological polar surface area (TPSA) is 97.3 Å². The molecule has 3 fully saturated rings. The quantitative estimate of drug-likeness (QED) is 0.329. The van der Waals surface area contributed by atoms with E-state index >= 15 is 0 Å². The number of ether oxygens (including phenoxy) is 3. The van der Waals surface area contributed by atoms with E-state index in [9.17, 15) is 14.7 Å². The predicted octanol–water partition coefficient (Wildman–Crippen LogP) is 5.32. The highest BCUT2D eigenvalue weighted by molar-refractivity contribution is 5.73. The number of likely N-dealkylation sites (tertiary alicyclic amines) is 1. The number of aliphatic hydroxyl groups is 1. The molecule has 0 aromatic heterocycles. The summed E-state index contributed by atoms with van der Waals surface area (Å²) in [6, 6.07) is 15.1. The van der Waals surface area contributed by atoms with E-state index in [4.69, 9.17) is 14.2 Å². The Morgan fingerprint density at radius 3 is 2.57 bits per heavy atom. The largest absolute Gasteiger partial charge is 0.493 e. The smallest absolute Gasteiger partial charge is 0.408 e. The second kappa shape index (κ2) is 13.5. The van der Waals surface area contributed by atoms with Crippen LogP contribution in [0.1, 0.15) is 69.4 Å². The Bertz CT molecular complexity index is 1200. The number of nitrogens with one attached hydrogen (secondary N) is 1. The van der Waals surface area contributed by atoms with Gasteiger partial charge in [0, 0.05) is 36.4 Å². The van der Waals surface area contributed by atoms with Crippen molar-refractivity contribution in [2.75, 3.05) is 26.8 Å². The van der Waals surface area contributed by atoms with Gasteiger partial charge in [0.1, 0.15) is 12.9 Å². The van der Waals surface area contributed by atoms with Gasteiger partial charge < -0.3 is 29.4 Å². The predicted molar refractivity (Wildman–Crippen MR) is 161 cm³/mol. The number of hydrogen-bond acceptors (Lipinski definition) is 7. The van der Waals surface area contributed by atoms with Gasteiger partial charge in [0.15, 0.2) is 11.5 Å². The molecule has 1 heterocycles. The minimum Gasteiger partial charge on any atom is -0.493 e. The molecule has 2 aromatic rings. The maximum atomic E-state index is 12.7. The van der Waals surface area contributed by atoms with Gasteiger partial charge in [-0.3, -0.25) is 4.90 Å². The first-order valence-electron chi connectivity index (χ1n) is 15.5. The fourth-order valence-electron chi connectivity index (χ4n) is 6.89. The Morgan fingerprint density at radius 1 is 1.12 bits per heavy atom. The van der Waals surface area contributed by atoms with Crippen molar-refractivity contribution >= 4 is 12.4 Å². The molecule has 42 heavy (non-hydrogen) atoms. The molecule has 8 heteroatoms. The monoisotopic (exact) mass is 578 g/mol. The third-order valence-corrected chi connectivity index (χ3v) is 9.83. The summed E-state index contributed by atoms with van der Waals surface area (Å²) in [5, 5.41) is 14.0. The van der Waals surface area contributed by atoms with Crippen molar-refractivity contribution in [2.24, 2.45) is 17.3 Å². The van der Waals surface area contributed by atoms with Crippen LogP contribution in [0, 0.1) is 17.3 Å². The van der Waals surface area contributed by atoms with E-state index in [1.807, 2.05) is 43.3 Å². The van der Waals surface area contributed by atoms with Gasteiger partial charge in [0.2, 0.25) is 0 Å². The van der Waals surface area contributed by atoms with Crippen LogP contribution in [0.15, 0.2) is 48.5 Å². The fourth-order valence-corrected chi connectivity index (χ4v) is 6.89. The van der Waals surface area contributed by atoms with Crippen LogP contribution in [0.4, 0.5) is 4.79 Å². The van der Waals surface area contributed by atoms with Gasteiger partial charge in [-0.25, -0.2) is 4.79 Å². The number of carbonyl (C=O) groups is 2. The number of hydrogen-bond donors (Lipinski definition) is 2. The lowest BCUT2D eigenvalue weighted by Crippen LogP contribution is -2.52. The lowest BCUT2D eigenvalue weighted by molar-refractivity contribution is -0.111. The molecule has 2 aromatic carbocycles. The number of carbonyl (C=O) groups excluding carboxylic acids is 2. The summed E-state index contributed by atoms with van der Waals surface area (Å²) in [5.74, 6) is 2.13. The molecule has 1 aliphatic heterocycles. The average Bonchev–Trinajstić information content (AvgIpc) is 3.78. The number of benzene rings is 2. The maximum absolute atomic E-state index is 12.7. The lowest BCUT2D eigenvalue weighted by atomic mass is 9.72. The molecular weight excluding hydrogens is 532 g/mol. The van der Waals surface area contributed by atoms with Crippen LogP contribution in [0.3, 0.4) is 0 Å². The van der Waals surface area contributed by atoms with E-state index < -0.39 is 23.7 Å². The first kappa shape index (κ1) is 30.4. The molecular formula is C34H46N2O6. The van der Waals surface area contributed by atoms with Crippen molar-refractivity contribution in [3.05, 3.63) is 59.7 Å². The highest BCUT2D eigenvalue weighted by Gasteiger charge is 2.50. The lowest BCUT2D eigenvalue weighted by Gasteiger charge is -2.41. The van der Waals surface area contributed by atoms with Crippen molar-refractivity contribution in [3.63, 3.8) is 0 Å². The number of alkyl carbamates (subject to hydrolysis) is 1. The van der Waals surface area contributed by atoms with Crippen molar-refractivity contribution in [1.82, 2.24) is 10.2 Å². The van der Waals surface area contributed by atoms with Gasteiger partial charge in [-0.2, -0.15) is 0 Å². The maximum Gasteiger partial charge on any atom is 0.408 e. The number of rotatable bonds is 12. The average molecular weight is 579 g/mol. The third kappa shape index (κ3) is 6.92. The Morgan fingerprint density at radius 2 is 1.88 bits per heavy atom. The van der Waals surface area contributed by atoms with Gasteiger partial charge in [-0.15, -0.1) is 0 Å². The van der Waals surface area contributed by atoms with E-state index in [1.165, 1.54) is 12.8 Å². The van der Waals surface area contributed by atoms with Gasteiger partial charge in [-0.1, -0.05) is 56.2 Å². The molecule has 3 aliphatic rings. The number of aldehydes is 1. The highest BCUT2D eigenvalue weighted by atomic mass is 16.5. The summed E-state index contributed by atoms with van der Waals surface area (Å²) in [6.07, 6.45) is 6.04. The number of aliphatic hydroxyl groups excluding tert-OH is 1. The zero-order valence-corrected chi connectivity index (χ0v) is 25.2. The summed E-state index contributed by atoms with van der Waals surface area (Å²) in [4.78, 5) is 27.5. The Balaban J connectivity index is 1.32. The minimum atomic E-state index is -0.640. The van der Waals surface area contributed by atoms with Crippen LogP contribution in [0.2, 0.25) is 0 Å². The van der Waals surface area contributed by atoms with Crippen LogP contribution in [0.5, 0.6) is 11.5 Å².